The first-order valence-electron chi connectivity index (χ1n) is 5.34. The standard InChI is InChI=1S/C12H16ClNO2/c1-2-10(13)7-8-14-12(16)9-3-5-11(15)6-4-9/h3-6,10,15H,2,7-8H2,1H3,(H,14,16). The van der Waals surface area contributed by atoms with Gasteiger partial charge >= 0.3 is 0 Å². The van der Waals surface area contributed by atoms with E-state index in [2.05, 4.69) is 5.32 Å². The molecule has 0 fully saturated rings. The molecule has 0 aliphatic heterocycles. The molecular formula is C12H16ClNO2. The van der Waals surface area contributed by atoms with Crippen LogP contribution in [0, 0.1) is 0 Å². The zero-order valence-corrected chi connectivity index (χ0v) is 10.00. The summed E-state index contributed by atoms with van der Waals surface area (Å²) in [6, 6.07) is 6.15. The number of phenolic OH excluding ortho intramolecular Hbond substituents is 1. The highest BCUT2D eigenvalue weighted by molar-refractivity contribution is 6.20. The van der Waals surface area contributed by atoms with Gasteiger partial charge in [0.15, 0.2) is 0 Å². The molecular weight excluding hydrogens is 226 g/mol. The lowest BCUT2D eigenvalue weighted by molar-refractivity contribution is 0.0953. The van der Waals surface area contributed by atoms with E-state index in [0.29, 0.717) is 12.1 Å². The molecule has 1 amide bonds. The highest BCUT2D eigenvalue weighted by atomic mass is 35.5. The van der Waals surface area contributed by atoms with Crippen LogP contribution >= 0.6 is 11.6 Å². The lowest BCUT2D eigenvalue weighted by atomic mass is 10.2. The van der Waals surface area contributed by atoms with Crippen molar-refractivity contribution in [1.82, 2.24) is 5.32 Å². The van der Waals surface area contributed by atoms with Gasteiger partial charge in [-0.15, -0.1) is 11.6 Å². The normalized spacial score (nSPS) is 12.1. The van der Waals surface area contributed by atoms with Crippen molar-refractivity contribution < 1.29 is 9.90 Å². The van der Waals surface area contributed by atoms with E-state index < -0.39 is 0 Å². The first kappa shape index (κ1) is 12.8. The molecule has 0 bridgehead atoms. The van der Waals surface area contributed by atoms with Crippen molar-refractivity contribution in [2.45, 2.75) is 25.1 Å². The van der Waals surface area contributed by atoms with Gasteiger partial charge in [-0.05, 0) is 37.1 Å². The number of aromatic hydroxyl groups is 1. The quantitative estimate of drug-likeness (QED) is 0.779. The Kier molecular flexibility index (Phi) is 5.12. The molecule has 16 heavy (non-hydrogen) atoms. The smallest absolute Gasteiger partial charge is 0.251 e. The molecule has 4 heteroatoms. The number of hydrogen-bond donors (Lipinski definition) is 2. The van der Waals surface area contributed by atoms with Crippen molar-refractivity contribution in [1.29, 1.82) is 0 Å². The maximum absolute atomic E-state index is 11.6. The van der Waals surface area contributed by atoms with Gasteiger partial charge in [0.2, 0.25) is 0 Å². The fourth-order valence-electron chi connectivity index (χ4n) is 1.26. The van der Waals surface area contributed by atoms with E-state index >= 15 is 0 Å². The number of carbonyl (C=O) groups excluding carboxylic acids is 1. The number of amides is 1. The minimum absolute atomic E-state index is 0.111. The van der Waals surface area contributed by atoms with E-state index in [1.165, 1.54) is 12.1 Å². The SMILES string of the molecule is CCC(Cl)CCNC(=O)c1ccc(O)cc1. The maximum Gasteiger partial charge on any atom is 0.251 e. The summed E-state index contributed by atoms with van der Waals surface area (Å²) in [6.45, 7) is 2.58. The van der Waals surface area contributed by atoms with Crippen molar-refractivity contribution in [3.05, 3.63) is 29.8 Å². The lowest BCUT2D eigenvalue weighted by Crippen LogP contribution is -2.25. The molecule has 1 unspecified atom stereocenters. The number of nitrogens with one attached hydrogen (secondary N) is 1. The van der Waals surface area contributed by atoms with Crippen molar-refractivity contribution in [3.8, 4) is 5.75 Å². The highest BCUT2D eigenvalue weighted by Crippen LogP contribution is 2.09. The number of halogens is 1. The summed E-state index contributed by atoms with van der Waals surface area (Å²) in [5, 5.41) is 12.0. The predicted octanol–water partition coefficient (Wildman–Crippen LogP) is 2.53. The Hall–Kier alpha value is -1.22. The molecule has 0 saturated heterocycles. The Morgan fingerprint density at radius 2 is 2.06 bits per heavy atom. The number of rotatable bonds is 5. The van der Waals surface area contributed by atoms with Crippen molar-refractivity contribution in [2.24, 2.45) is 0 Å². The van der Waals surface area contributed by atoms with E-state index in [1.807, 2.05) is 6.92 Å². The fourth-order valence-corrected chi connectivity index (χ4v) is 1.37. The van der Waals surface area contributed by atoms with Crippen LogP contribution in [0.2, 0.25) is 0 Å². The number of benzene rings is 1. The summed E-state index contributed by atoms with van der Waals surface area (Å²) >= 11 is 5.93. The van der Waals surface area contributed by atoms with E-state index in [9.17, 15) is 4.79 Å². The lowest BCUT2D eigenvalue weighted by Gasteiger charge is -2.08. The molecule has 1 aromatic carbocycles. The maximum atomic E-state index is 11.6. The average Bonchev–Trinajstić information content (AvgIpc) is 2.29. The monoisotopic (exact) mass is 241 g/mol. The molecule has 3 nitrogen and oxygen atoms in total. The van der Waals surface area contributed by atoms with Crippen LogP contribution in [-0.4, -0.2) is 22.9 Å². The Balaban J connectivity index is 2.38. The summed E-state index contributed by atoms with van der Waals surface area (Å²) < 4.78 is 0. The largest absolute Gasteiger partial charge is 0.508 e. The number of phenols is 1. The molecule has 0 aromatic heterocycles. The minimum Gasteiger partial charge on any atom is -0.508 e. The first-order valence-corrected chi connectivity index (χ1v) is 5.78. The third-order valence-electron chi connectivity index (χ3n) is 2.32. The summed E-state index contributed by atoms with van der Waals surface area (Å²) in [4.78, 5) is 11.6. The van der Waals surface area contributed by atoms with Crippen molar-refractivity contribution >= 4 is 17.5 Å². The van der Waals surface area contributed by atoms with Crippen LogP contribution in [0.3, 0.4) is 0 Å². The molecule has 0 radical (unpaired) electrons. The van der Waals surface area contributed by atoms with E-state index in [4.69, 9.17) is 16.7 Å². The topological polar surface area (TPSA) is 49.3 Å². The predicted molar refractivity (Wildman–Crippen MR) is 65.0 cm³/mol. The van der Waals surface area contributed by atoms with Crippen LogP contribution in [0.4, 0.5) is 0 Å². The molecule has 1 rings (SSSR count). The van der Waals surface area contributed by atoms with Crippen LogP contribution in [-0.2, 0) is 0 Å². The van der Waals surface area contributed by atoms with E-state index in [1.54, 1.807) is 12.1 Å². The van der Waals surface area contributed by atoms with Crippen molar-refractivity contribution in [2.75, 3.05) is 6.54 Å². The van der Waals surface area contributed by atoms with E-state index in [-0.39, 0.29) is 17.0 Å². The van der Waals surface area contributed by atoms with Gasteiger partial charge in [-0.1, -0.05) is 6.92 Å². The van der Waals surface area contributed by atoms with Crippen LogP contribution in [0.5, 0.6) is 5.75 Å². The van der Waals surface area contributed by atoms with Gasteiger partial charge in [0.1, 0.15) is 5.75 Å². The summed E-state index contributed by atoms with van der Waals surface area (Å²) in [7, 11) is 0. The van der Waals surface area contributed by atoms with Crippen LogP contribution in [0.1, 0.15) is 30.1 Å². The second-order valence-electron chi connectivity index (χ2n) is 3.60. The second kappa shape index (κ2) is 6.38. The zero-order chi connectivity index (χ0) is 12.0. The van der Waals surface area contributed by atoms with Gasteiger partial charge in [0.05, 0.1) is 0 Å². The Morgan fingerprint density at radius 1 is 1.44 bits per heavy atom. The summed E-state index contributed by atoms with van der Waals surface area (Å²) in [5.41, 5.74) is 0.542. The Bertz CT molecular complexity index is 337. The molecule has 2 N–H and O–H groups in total. The Labute approximate surface area is 100 Å². The first-order chi connectivity index (χ1) is 7.63. The molecule has 0 spiro atoms. The zero-order valence-electron chi connectivity index (χ0n) is 9.24. The van der Waals surface area contributed by atoms with Crippen LogP contribution < -0.4 is 5.32 Å². The van der Waals surface area contributed by atoms with Gasteiger partial charge in [0, 0.05) is 17.5 Å². The molecule has 0 aliphatic rings. The summed E-state index contributed by atoms with van der Waals surface area (Å²) in [6.07, 6.45) is 1.67. The van der Waals surface area contributed by atoms with Gasteiger partial charge in [-0.3, -0.25) is 4.79 Å². The molecule has 1 aromatic rings. The van der Waals surface area contributed by atoms with Gasteiger partial charge in [0.25, 0.3) is 5.91 Å². The Morgan fingerprint density at radius 3 is 2.62 bits per heavy atom. The van der Waals surface area contributed by atoms with Crippen LogP contribution in [0.25, 0.3) is 0 Å². The molecule has 88 valence electrons. The van der Waals surface area contributed by atoms with Gasteiger partial charge in [-0.25, -0.2) is 0 Å². The molecule has 0 saturated carbocycles. The number of carbonyl (C=O) groups is 1. The van der Waals surface area contributed by atoms with E-state index in [0.717, 1.165) is 12.8 Å². The average molecular weight is 242 g/mol. The number of alkyl halides is 1. The molecule has 0 aliphatic carbocycles. The molecule has 1 atom stereocenters. The third-order valence-corrected chi connectivity index (χ3v) is 2.84. The minimum atomic E-state index is -0.139. The summed E-state index contributed by atoms with van der Waals surface area (Å²) in [5.74, 6) is 0.0170. The molecule has 0 heterocycles. The second-order valence-corrected chi connectivity index (χ2v) is 4.21. The van der Waals surface area contributed by atoms with Crippen molar-refractivity contribution in [3.63, 3.8) is 0 Å². The van der Waals surface area contributed by atoms with Gasteiger partial charge in [-0.2, -0.15) is 0 Å². The van der Waals surface area contributed by atoms with Gasteiger partial charge < -0.3 is 10.4 Å². The third kappa shape index (κ3) is 4.11. The van der Waals surface area contributed by atoms with Crippen LogP contribution in [0.15, 0.2) is 24.3 Å². The fraction of sp³-hybridized carbons (Fsp3) is 0.417. The highest BCUT2D eigenvalue weighted by Gasteiger charge is 2.06. The number of hydrogen-bond acceptors (Lipinski definition) is 2.